The molecule has 0 saturated carbocycles. The van der Waals surface area contributed by atoms with Gasteiger partial charge in [0.2, 0.25) is 0 Å². The van der Waals surface area contributed by atoms with Gasteiger partial charge in [-0.15, -0.1) is 0 Å². The summed E-state index contributed by atoms with van der Waals surface area (Å²) in [5.41, 5.74) is 0.832. The lowest BCUT2D eigenvalue weighted by Crippen LogP contribution is -2.12. The molecule has 0 fully saturated rings. The van der Waals surface area contributed by atoms with E-state index in [0.717, 1.165) is 10.5 Å². The molecule has 0 bridgehead atoms. The van der Waals surface area contributed by atoms with Crippen molar-refractivity contribution in [3.05, 3.63) is 63.9 Å². The molecule has 19 heavy (non-hydrogen) atoms. The minimum Gasteiger partial charge on any atom is -0.321 e. The minimum atomic E-state index is -0.516. The standard InChI is InChI=1S/C14H8BrFN2O/c15-11-3-1-9(2-4-11)14(19)18-13-6-5-12(16)7-10(13)8-17/h1-7H,(H,18,19). The summed E-state index contributed by atoms with van der Waals surface area (Å²) in [6.45, 7) is 0. The van der Waals surface area contributed by atoms with Gasteiger partial charge >= 0.3 is 0 Å². The molecule has 0 spiro atoms. The zero-order chi connectivity index (χ0) is 13.8. The van der Waals surface area contributed by atoms with Gasteiger partial charge in [-0.25, -0.2) is 4.39 Å². The fourth-order valence-corrected chi connectivity index (χ4v) is 1.78. The molecule has 0 heterocycles. The molecule has 0 unspecified atom stereocenters. The van der Waals surface area contributed by atoms with Crippen LogP contribution in [0.4, 0.5) is 10.1 Å². The first-order valence-electron chi connectivity index (χ1n) is 5.37. The Morgan fingerprint density at radius 3 is 2.53 bits per heavy atom. The Bertz CT molecular complexity index is 662. The number of carbonyl (C=O) groups is 1. The molecule has 3 nitrogen and oxygen atoms in total. The van der Waals surface area contributed by atoms with Gasteiger partial charge in [-0.05, 0) is 42.5 Å². The Balaban J connectivity index is 2.24. The van der Waals surface area contributed by atoms with Crippen LogP contribution in [0.1, 0.15) is 15.9 Å². The molecule has 0 aliphatic heterocycles. The summed E-state index contributed by atoms with van der Waals surface area (Å²) in [7, 11) is 0. The zero-order valence-electron chi connectivity index (χ0n) is 9.65. The first-order valence-corrected chi connectivity index (χ1v) is 6.16. The maximum Gasteiger partial charge on any atom is 0.255 e. The van der Waals surface area contributed by atoms with Crippen LogP contribution in [0.5, 0.6) is 0 Å². The summed E-state index contributed by atoms with van der Waals surface area (Å²) in [6.07, 6.45) is 0. The molecule has 1 amide bonds. The topological polar surface area (TPSA) is 52.9 Å². The first-order chi connectivity index (χ1) is 9.10. The summed E-state index contributed by atoms with van der Waals surface area (Å²) in [5, 5.41) is 11.5. The average Bonchev–Trinajstić information content (AvgIpc) is 2.41. The van der Waals surface area contributed by atoms with Gasteiger partial charge in [-0.1, -0.05) is 15.9 Å². The van der Waals surface area contributed by atoms with Crippen molar-refractivity contribution >= 4 is 27.5 Å². The van der Waals surface area contributed by atoms with E-state index in [1.807, 2.05) is 6.07 Å². The quantitative estimate of drug-likeness (QED) is 0.917. The number of carbonyl (C=O) groups excluding carboxylic acids is 1. The number of amides is 1. The number of nitriles is 1. The molecule has 94 valence electrons. The molecule has 0 radical (unpaired) electrons. The molecule has 2 aromatic rings. The van der Waals surface area contributed by atoms with E-state index in [1.165, 1.54) is 12.1 Å². The van der Waals surface area contributed by atoms with Crippen LogP contribution in [0.2, 0.25) is 0 Å². The van der Waals surface area contributed by atoms with E-state index in [1.54, 1.807) is 24.3 Å². The second-order valence-electron chi connectivity index (χ2n) is 3.76. The lowest BCUT2D eigenvalue weighted by Gasteiger charge is -2.07. The Labute approximate surface area is 117 Å². The summed E-state index contributed by atoms with van der Waals surface area (Å²) >= 11 is 3.28. The third kappa shape index (κ3) is 3.18. The summed E-state index contributed by atoms with van der Waals surface area (Å²) in [6, 6.07) is 12.3. The zero-order valence-corrected chi connectivity index (χ0v) is 11.2. The minimum absolute atomic E-state index is 0.0884. The highest BCUT2D eigenvalue weighted by Gasteiger charge is 2.09. The number of anilines is 1. The summed E-state index contributed by atoms with van der Waals surface area (Å²) < 4.78 is 13.8. The lowest BCUT2D eigenvalue weighted by molar-refractivity contribution is 0.102. The van der Waals surface area contributed by atoms with Crippen molar-refractivity contribution in [2.45, 2.75) is 0 Å². The van der Waals surface area contributed by atoms with Crippen LogP contribution >= 0.6 is 15.9 Å². The van der Waals surface area contributed by atoms with Crippen molar-refractivity contribution in [3.8, 4) is 6.07 Å². The van der Waals surface area contributed by atoms with Gasteiger partial charge in [0.05, 0.1) is 11.3 Å². The van der Waals surface area contributed by atoms with E-state index in [-0.39, 0.29) is 17.2 Å². The van der Waals surface area contributed by atoms with Crippen molar-refractivity contribution in [3.63, 3.8) is 0 Å². The third-order valence-electron chi connectivity index (χ3n) is 2.46. The number of hydrogen-bond donors (Lipinski definition) is 1. The van der Waals surface area contributed by atoms with Gasteiger partial charge in [0.15, 0.2) is 0 Å². The Hall–Kier alpha value is -2.19. The van der Waals surface area contributed by atoms with E-state index in [0.29, 0.717) is 5.56 Å². The van der Waals surface area contributed by atoms with Gasteiger partial charge in [-0.2, -0.15) is 5.26 Å². The fraction of sp³-hybridized carbons (Fsp3) is 0. The van der Waals surface area contributed by atoms with E-state index in [4.69, 9.17) is 5.26 Å². The van der Waals surface area contributed by atoms with E-state index in [9.17, 15) is 9.18 Å². The highest BCUT2D eigenvalue weighted by atomic mass is 79.9. The van der Waals surface area contributed by atoms with Crippen molar-refractivity contribution in [1.29, 1.82) is 5.26 Å². The largest absolute Gasteiger partial charge is 0.321 e. The smallest absolute Gasteiger partial charge is 0.255 e. The fourth-order valence-electron chi connectivity index (χ4n) is 1.51. The van der Waals surface area contributed by atoms with Gasteiger partial charge in [0.25, 0.3) is 5.91 Å². The van der Waals surface area contributed by atoms with Crippen LogP contribution < -0.4 is 5.32 Å². The molecule has 0 aromatic heterocycles. The highest BCUT2D eigenvalue weighted by molar-refractivity contribution is 9.10. The van der Waals surface area contributed by atoms with Gasteiger partial charge < -0.3 is 5.32 Å². The molecule has 2 aromatic carbocycles. The van der Waals surface area contributed by atoms with Gasteiger partial charge in [-0.3, -0.25) is 4.79 Å². The number of benzene rings is 2. The molecule has 5 heteroatoms. The third-order valence-corrected chi connectivity index (χ3v) is 2.99. The maximum atomic E-state index is 13.0. The number of nitrogens with zero attached hydrogens (tertiary/aromatic N) is 1. The molecular formula is C14H8BrFN2O. The van der Waals surface area contributed by atoms with Crippen LogP contribution in [0.15, 0.2) is 46.9 Å². The van der Waals surface area contributed by atoms with Crippen molar-refractivity contribution < 1.29 is 9.18 Å². The Morgan fingerprint density at radius 2 is 1.89 bits per heavy atom. The molecule has 2 rings (SSSR count). The lowest BCUT2D eigenvalue weighted by atomic mass is 10.1. The van der Waals surface area contributed by atoms with E-state index in [2.05, 4.69) is 21.2 Å². The Kier molecular flexibility index (Phi) is 3.93. The second-order valence-corrected chi connectivity index (χ2v) is 4.68. The molecule has 0 atom stereocenters. The van der Waals surface area contributed by atoms with Crippen molar-refractivity contribution in [2.24, 2.45) is 0 Å². The van der Waals surface area contributed by atoms with E-state index < -0.39 is 5.82 Å². The van der Waals surface area contributed by atoms with Crippen LogP contribution in [-0.4, -0.2) is 5.91 Å². The number of hydrogen-bond acceptors (Lipinski definition) is 2. The highest BCUT2D eigenvalue weighted by Crippen LogP contribution is 2.18. The van der Waals surface area contributed by atoms with Crippen LogP contribution in [0.25, 0.3) is 0 Å². The number of nitrogens with one attached hydrogen (secondary N) is 1. The molecule has 0 aliphatic rings. The number of halogens is 2. The van der Waals surface area contributed by atoms with Crippen LogP contribution in [0, 0.1) is 17.1 Å². The molecule has 0 aliphatic carbocycles. The maximum absolute atomic E-state index is 13.0. The van der Waals surface area contributed by atoms with E-state index >= 15 is 0 Å². The second kappa shape index (κ2) is 5.63. The van der Waals surface area contributed by atoms with Gasteiger partial charge in [0.1, 0.15) is 11.9 Å². The predicted octanol–water partition coefficient (Wildman–Crippen LogP) is 3.71. The number of rotatable bonds is 2. The Morgan fingerprint density at radius 1 is 1.21 bits per heavy atom. The van der Waals surface area contributed by atoms with Crippen LogP contribution in [-0.2, 0) is 0 Å². The monoisotopic (exact) mass is 318 g/mol. The molecular weight excluding hydrogens is 311 g/mol. The molecule has 1 N–H and O–H groups in total. The SMILES string of the molecule is N#Cc1cc(F)ccc1NC(=O)c1ccc(Br)cc1. The van der Waals surface area contributed by atoms with Crippen molar-refractivity contribution in [2.75, 3.05) is 5.32 Å². The normalized spacial score (nSPS) is 9.74. The average molecular weight is 319 g/mol. The first kappa shape index (κ1) is 13.2. The molecule has 0 saturated heterocycles. The summed E-state index contributed by atoms with van der Waals surface area (Å²) in [4.78, 5) is 11.9. The summed E-state index contributed by atoms with van der Waals surface area (Å²) in [5.74, 6) is -0.867. The van der Waals surface area contributed by atoms with Gasteiger partial charge in [0, 0.05) is 10.0 Å². The van der Waals surface area contributed by atoms with Crippen LogP contribution in [0.3, 0.4) is 0 Å². The van der Waals surface area contributed by atoms with Crippen molar-refractivity contribution in [1.82, 2.24) is 0 Å². The predicted molar refractivity (Wildman–Crippen MR) is 73.2 cm³/mol.